The van der Waals surface area contributed by atoms with Crippen LogP contribution >= 0.6 is 23.2 Å². The first-order valence-corrected chi connectivity index (χ1v) is 6.80. The minimum Gasteiger partial charge on any atom is -0.363 e. The van der Waals surface area contributed by atoms with Gasteiger partial charge in [0.2, 0.25) is 5.91 Å². The Morgan fingerprint density at radius 1 is 1.47 bits per heavy atom. The van der Waals surface area contributed by atoms with Gasteiger partial charge in [-0.05, 0) is 25.0 Å². The van der Waals surface area contributed by atoms with Gasteiger partial charge in [-0.2, -0.15) is 0 Å². The lowest BCUT2D eigenvalue weighted by Gasteiger charge is -2.14. The molecule has 1 amide bonds. The molecular weight excluding hydrogens is 285 g/mol. The first kappa shape index (κ1) is 14.4. The predicted molar refractivity (Wildman–Crippen MR) is 77.6 cm³/mol. The molecule has 0 spiro atoms. The topological polar surface area (TPSA) is 45.2 Å². The highest BCUT2D eigenvalue weighted by molar-refractivity contribution is 6.53. The van der Waals surface area contributed by atoms with Crippen molar-refractivity contribution in [3.63, 3.8) is 0 Å². The van der Waals surface area contributed by atoms with Crippen molar-refractivity contribution in [2.75, 3.05) is 19.0 Å². The summed E-state index contributed by atoms with van der Waals surface area (Å²) in [7, 11) is 3.86. The van der Waals surface area contributed by atoms with Crippen LogP contribution in [0.5, 0.6) is 0 Å². The number of aromatic nitrogens is 1. The molecule has 0 saturated heterocycles. The van der Waals surface area contributed by atoms with E-state index in [1.54, 1.807) is 13.1 Å². The molecule has 1 aliphatic rings. The van der Waals surface area contributed by atoms with E-state index in [2.05, 4.69) is 10.3 Å². The molecule has 1 saturated carbocycles. The maximum absolute atomic E-state index is 12.0. The fourth-order valence-electron chi connectivity index (χ4n) is 1.81. The average Bonchev–Trinajstić information content (AvgIpc) is 2.87. The molecule has 1 aromatic rings. The van der Waals surface area contributed by atoms with Gasteiger partial charge in [0.05, 0.1) is 5.41 Å². The minimum absolute atomic E-state index is 0.116. The SMILES string of the molecule is CN(C)c1ccc(CNC(=O)[C@@]2(C)CC2(Cl)Cl)cn1. The largest absolute Gasteiger partial charge is 0.363 e. The van der Waals surface area contributed by atoms with Gasteiger partial charge in [-0.1, -0.05) is 6.07 Å². The molecule has 0 bridgehead atoms. The van der Waals surface area contributed by atoms with Crippen LogP contribution in [-0.2, 0) is 11.3 Å². The van der Waals surface area contributed by atoms with Crippen LogP contribution in [0.2, 0.25) is 0 Å². The minimum atomic E-state index is -0.926. The van der Waals surface area contributed by atoms with Crippen molar-refractivity contribution >= 4 is 34.9 Å². The van der Waals surface area contributed by atoms with Gasteiger partial charge in [0.15, 0.2) is 0 Å². The summed E-state index contributed by atoms with van der Waals surface area (Å²) >= 11 is 11.9. The van der Waals surface area contributed by atoms with Gasteiger partial charge in [0.1, 0.15) is 10.2 Å². The normalized spacial score (nSPS) is 23.8. The van der Waals surface area contributed by atoms with Crippen molar-refractivity contribution in [2.24, 2.45) is 5.41 Å². The number of nitrogens with zero attached hydrogens (tertiary/aromatic N) is 2. The molecular formula is C13H17Cl2N3O. The number of alkyl halides is 2. The van der Waals surface area contributed by atoms with Crippen molar-refractivity contribution in [3.05, 3.63) is 23.9 Å². The van der Waals surface area contributed by atoms with E-state index < -0.39 is 9.75 Å². The van der Waals surface area contributed by atoms with E-state index in [4.69, 9.17) is 23.2 Å². The van der Waals surface area contributed by atoms with Crippen LogP contribution < -0.4 is 10.2 Å². The van der Waals surface area contributed by atoms with E-state index in [9.17, 15) is 4.79 Å². The Balaban J connectivity index is 1.91. The molecule has 1 heterocycles. The van der Waals surface area contributed by atoms with E-state index in [0.717, 1.165) is 11.4 Å². The van der Waals surface area contributed by atoms with Gasteiger partial charge < -0.3 is 10.2 Å². The number of hydrogen-bond acceptors (Lipinski definition) is 3. The van der Waals surface area contributed by atoms with Gasteiger partial charge in [0, 0.05) is 26.8 Å². The summed E-state index contributed by atoms with van der Waals surface area (Å²) in [5.74, 6) is 0.763. The fraction of sp³-hybridized carbons (Fsp3) is 0.538. The first-order chi connectivity index (χ1) is 8.76. The molecule has 2 rings (SSSR count). The number of amides is 1. The van der Waals surface area contributed by atoms with Crippen LogP contribution in [0.25, 0.3) is 0 Å². The molecule has 0 aliphatic heterocycles. The summed E-state index contributed by atoms with van der Waals surface area (Å²) in [6.07, 6.45) is 2.24. The number of pyridine rings is 1. The number of nitrogens with one attached hydrogen (secondary N) is 1. The van der Waals surface area contributed by atoms with Crippen LogP contribution in [0.4, 0.5) is 5.82 Å². The van der Waals surface area contributed by atoms with E-state index in [-0.39, 0.29) is 5.91 Å². The maximum atomic E-state index is 12.0. The molecule has 1 aromatic heterocycles. The zero-order chi connectivity index (χ0) is 14.3. The molecule has 0 unspecified atom stereocenters. The van der Waals surface area contributed by atoms with Crippen molar-refractivity contribution in [3.8, 4) is 0 Å². The van der Waals surface area contributed by atoms with Crippen molar-refractivity contribution in [1.29, 1.82) is 0 Å². The second kappa shape index (κ2) is 4.84. The predicted octanol–water partition coefficient (Wildman–Crippen LogP) is 2.35. The first-order valence-electron chi connectivity index (χ1n) is 6.05. The van der Waals surface area contributed by atoms with Gasteiger partial charge in [-0.25, -0.2) is 4.98 Å². The third-order valence-electron chi connectivity index (χ3n) is 3.48. The number of carbonyl (C=O) groups excluding carboxylic acids is 1. The highest BCUT2D eigenvalue weighted by Gasteiger charge is 2.67. The summed E-state index contributed by atoms with van der Waals surface area (Å²) in [5.41, 5.74) is 0.269. The second-order valence-corrected chi connectivity index (χ2v) is 6.80. The van der Waals surface area contributed by atoms with Crippen LogP contribution in [0.1, 0.15) is 18.9 Å². The Morgan fingerprint density at radius 3 is 2.53 bits per heavy atom. The Labute approximate surface area is 123 Å². The van der Waals surface area contributed by atoms with E-state index in [0.29, 0.717) is 13.0 Å². The quantitative estimate of drug-likeness (QED) is 0.868. The van der Waals surface area contributed by atoms with Gasteiger partial charge >= 0.3 is 0 Å². The van der Waals surface area contributed by atoms with Crippen LogP contribution in [0, 0.1) is 5.41 Å². The molecule has 6 heteroatoms. The number of carbonyl (C=O) groups is 1. The Morgan fingerprint density at radius 2 is 2.11 bits per heavy atom. The second-order valence-electron chi connectivity index (χ2n) is 5.32. The monoisotopic (exact) mass is 301 g/mol. The van der Waals surface area contributed by atoms with Gasteiger partial charge in [0.25, 0.3) is 0 Å². The summed E-state index contributed by atoms with van der Waals surface area (Å²) in [6, 6.07) is 3.85. The molecule has 104 valence electrons. The van der Waals surface area contributed by atoms with Gasteiger partial charge in [-0.15, -0.1) is 23.2 Å². The number of halogens is 2. The smallest absolute Gasteiger partial charge is 0.229 e. The Kier molecular flexibility index (Phi) is 3.67. The van der Waals surface area contributed by atoms with Crippen molar-refractivity contribution in [2.45, 2.75) is 24.2 Å². The molecule has 1 aliphatic carbocycles. The lowest BCUT2D eigenvalue weighted by molar-refractivity contribution is -0.125. The number of rotatable bonds is 4. The average molecular weight is 302 g/mol. The standard InChI is InChI=1S/C13H17Cl2N3O/c1-12(8-13(12,14)15)11(19)17-7-9-4-5-10(16-6-9)18(2)3/h4-6H,7-8H2,1-3H3,(H,17,19)/t12-/m1/s1. The summed E-state index contributed by atoms with van der Waals surface area (Å²) in [4.78, 5) is 18.2. The number of hydrogen-bond donors (Lipinski definition) is 1. The highest BCUT2D eigenvalue weighted by atomic mass is 35.5. The summed E-state index contributed by atoms with van der Waals surface area (Å²) in [6.45, 7) is 2.20. The van der Waals surface area contributed by atoms with E-state index in [1.165, 1.54) is 0 Å². The fourth-order valence-corrected chi connectivity index (χ4v) is 2.52. The van der Waals surface area contributed by atoms with Crippen molar-refractivity contribution < 1.29 is 4.79 Å². The Bertz CT molecular complexity index is 487. The molecule has 0 aromatic carbocycles. The zero-order valence-corrected chi connectivity index (χ0v) is 12.7. The summed E-state index contributed by atoms with van der Waals surface area (Å²) < 4.78 is -0.926. The molecule has 19 heavy (non-hydrogen) atoms. The number of anilines is 1. The summed E-state index contributed by atoms with van der Waals surface area (Å²) in [5, 5.41) is 2.84. The highest BCUT2D eigenvalue weighted by Crippen LogP contribution is 2.63. The van der Waals surface area contributed by atoms with Crippen LogP contribution in [0.15, 0.2) is 18.3 Å². The molecule has 0 radical (unpaired) electrons. The zero-order valence-electron chi connectivity index (χ0n) is 11.2. The molecule has 1 atom stereocenters. The van der Waals surface area contributed by atoms with E-state index >= 15 is 0 Å². The van der Waals surface area contributed by atoms with E-state index in [1.807, 2.05) is 31.1 Å². The van der Waals surface area contributed by atoms with Crippen molar-refractivity contribution in [1.82, 2.24) is 10.3 Å². The molecule has 4 nitrogen and oxygen atoms in total. The van der Waals surface area contributed by atoms with Gasteiger partial charge in [-0.3, -0.25) is 4.79 Å². The Hall–Kier alpha value is -1.00. The maximum Gasteiger partial charge on any atom is 0.229 e. The lowest BCUT2D eigenvalue weighted by atomic mass is 10.1. The van der Waals surface area contributed by atoms with Crippen LogP contribution in [-0.4, -0.2) is 29.3 Å². The molecule has 1 fully saturated rings. The third kappa shape index (κ3) is 2.79. The molecule has 1 N–H and O–H groups in total. The lowest BCUT2D eigenvalue weighted by Crippen LogP contribution is -2.32. The third-order valence-corrected chi connectivity index (χ3v) is 4.58. The van der Waals surface area contributed by atoms with Crippen LogP contribution in [0.3, 0.4) is 0 Å².